The zero-order valence-electron chi connectivity index (χ0n) is 11.8. The molecule has 1 fully saturated rings. The zero-order valence-corrected chi connectivity index (χ0v) is 12.5. The largest absolute Gasteiger partial charge is 0.493 e. The van der Waals surface area contributed by atoms with Gasteiger partial charge in [-0.25, -0.2) is 0 Å². The summed E-state index contributed by atoms with van der Waals surface area (Å²) >= 11 is 6.22. The van der Waals surface area contributed by atoms with E-state index in [0.717, 1.165) is 49.9 Å². The first-order chi connectivity index (χ1) is 9.76. The third-order valence-electron chi connectivity index (χ3n) is 4.36. The monoisotopic (exact) mass is 295 g/mol. The molecular formula is C16H22ClNO2. The summed E-state index contributed by atoms with van der Waals surface area (Å²) in [6, 6.07) is 4.07. The predicted molar refractivity (Wildman–Crippen MR) is 80.4 cm³/mol. The number of fused-ring (bicyclic) bond motifs is 1. The number of halogens is 1. The highest BCUT2D eigenvalue weighted by Crippen LogP contribution is 2.34. The molecule has 1 aromatic rings. The first-order valence-corrected chi connectivity index (χ1v) is 7.91. The van der Waals surface area contributed by atoms with E-state index in [1.165, 1.54) is 24.0 Å². The molecule has 2 aliphatic rings. The summed E-state index contributed by atoms with van der Waals surface area (Å²) in [5, 5.41) is 9.91. The number of hydrogen-bond acceptors (Lipinski definition) is 3. The van der Waals surface area contributed by atoms with Crippen LogP contribution in [0.2, 0.25) is 5.02 Å². The SMILES string of the molecule is OCCC1CCCN(Cc2cc(Cl)cc3c2OCC3)C1. The average molecular weight is 296 g/mol. The summed E-state index contributed by atoms with van der Waals surface area (Å²) in [5.41, 5.74) is 2.46. The second-order valence-corrected chi connectivity index (χ2v) is 6.34. The molecule has 20 heavy (non-hydrogen) atoms. The van der Waals surface area contributed by atoms with Crippen molar-refractivity contribution >= 4 is 11.6 Å². The number of benzene rings is 1. The third-order valence-corrected chi connectivity index (χ3v) is 4.58. The Morgan fingerprint density at radius 2 is 2.30 bits per heavy atom. The van der Waals surface area contributed by atoms with Crippen molar-refractivity contribution in [2.45, 2.75) is 32.2 Å². The van der Waals surface area contributed by atoms with Crippen molar-refractivity contribution in [3.8, 4) is 5.75 Å². The molecule has 3 nitrogen and oxygen atoms in total. The number of nitrogens with zero attached hydrogens (tertiary/aromatic N) is 1. The number of ether oxygens (including phenoxy) is 1. The Hall–Kier alpha value is -0.770. The van der Waals surface area contributed by atoms with E-state index in [2.05, 4.69) is 4.90 Å². The summed E-state index contributed by atoms with van der Waals surface area (Å²) in [4.78, 5) is 2.47. The smallest absolute Gasteiger partial charge is 0.127 e. The molecule has 1 saturated heterocycles. The number of aliphatic hydroxyl groups excluding tert-OH is 1. The Morgan fingerprint density at radius 3 is 3.15 bits per heavy atom. The van der Waals surface area contributed by atoms with Crippen LogP contribution in [0.5, 0.6) is 5.75 Å². The summed E-state index contributed by atoms with van der Waals surface area (Å²) in [5.74, 6) is 1.68. The molecule has 4 heteroatoms. The normalized spacial score (nSPS) is 22.6. The Balaban J connectivity index is 1.71. The molecule has 0 aromatic heterocycles. The van der Waals surface area contributed by atoms with Gasteiger partial charge in [0, 0.05) is 36.7 Å². The second kappa shape index (κ2) is 6.33. The fraction of sp³-hybridized carbons (Fsp3) is 0.625. The minimum absolute atomic E-state index is 0.300. The van der Waals surface area contributed by atoms with E-state index in [0.29, 0.717) is 12.5 Å². The molecule has 3 rings (SSSR count). The van der Waals surface area contributed by atoms with Crippen LogP contribution in [0.1, 0.15) is 30.4 Å². The molecule has 1 aromatic carbocycles. The van der Waals surface area contributed by atoms with Crippen LogP contribution in [0.3, 0.4) is 0 Å². The Bertz CT molecular complexity index is 476. The van der Waals surface area contributed by atoms with Crippen LogP contribution < -0.4 is 4.74 Å². The quantitative estimate of drug-likeness (QED) is 0.927. The minimum atomic E-state index is 0.300. The topological polar surface area (TPSA) is 32.7 Å². The van der Waals surface area contributed by atoms with Gasteiger partial charge >= 0.3 is 0 Å². The van der Waals surface area contributed by atoms with Gasteiger partial charge in [0.25, 0.3) is 0 Å². The molecule has 110 valence electrons. The summed E-state index contributed by atoms with van der Waals surface area (Å²) in [6.07, 6.45) is 4.34. The van der Waals surface area contributed by atoms with E-state index in [1.54, 1.807) is 0 Å². The van der Waals surface area contributed by atoms with Crippen molar-refractivity contribution in [2.75, 3.05) is 26.3 Å². The van der Waals surface area contributed by atoms with Gasteiger partial charge in [-0.05, 0) is 49.4 Å². The van der Waals surface area contributed by atoms with Crippen molar-refractivity contribution in [1.82, 2.24) is 4.90 Å². The summed E-state index contributed by atoms with van der Waals surface area (Å²) < 4.78 is 5.78. The Morgan fingerprint density at radius 1 is 1.40 bits per heavy atom. The number of aliphatic hydroxyl groups is 1. The highest BCUT2D eigenvalue weighted by Gasteiger charge is 2.23. The van der Waals surface area contributed by atoms with Crippen LogP contribution in [-0.4, -0.2) is 36.3 Å². The molecule has 0 amide bonds. The molecule has 0 bridgehead atoms. The van der Waals surface area contributed by atoms with Crippen LogP contribution in [0, 0.1) is 5.92 Å². The first kappa shape index (κ1) is 14.2. The summed E-state index contributed by atoms with van der Waals surface area (Å²) in [7, 11) is 0. The molecule has 0 aliphatic carbocycles. The van der Waals surface area contributed by atoms with Gasteiger partial charge in [0.15, 0.2) is 0 Å². The Kier molecular flexibility index (Phi) is 4.49. The van der Waals surface area contributed by atoms with Crippen molar-refractivity contribution in [2.24, 2.45) is 5.92 Å². The standard InChI is InChI=1S/C16H22ClNO2/c17-15-8-13-4-7-20-16(13)14(9-15)11-18-5-1-2-12(10-18)3-6-19/h8-9,12,19H,1-7,10-11H2. The first-order valence-electron chi connectivity index (χ1n) is 7.53. The Labute approximate surface area is 125 Å². The van der Waals surface area contributed by atoms with E-state index >= 15 is 0 Å². The fourth-order valence-electron chi connectivity index (χ4n) is 3.42. The van der Waals surface area contributed by atoms with Gasteiger partial charge in [-0.15, -0.1) is 0 Å². The highest BCUT2D eigenvalue weighted by atomic mass is 35.5. The molecule has 2 heterocycles. The van der Waals surface area contributed by atoms with Crippen LogP contribution in [-0.2, 0) is 13.0 Å². The summed E-state index contributed by atoms with van der Waals surface area (Å²) in [6.45, 7) is 4.18. The van der Waals surface area contributed by atoms with Gasteiger partial charge in [-0.1, -0.05) is 11.6 Å². The molecular weight excluding hydrogens is 274 g/mol. The van der Waals surface area contributed by atoms with Crippen LogP contribution in [0.15, 0.2) is 12.1 Å². The predicted octanol–water partition coefficient (Wildman–Crippen LogP) is 2.87. The van der Waals surface area contributed by atoms with Crippen LogP contribution >= 0.6 is 11.6 Å². The van der Waals surface area contributed by atoms with Gasteiger partial charge in [-0.2, -0.15) is 0 Å². The van der Waals surface area contributed by atoms with E-state index in [4.69, 9.17) is 21.4 Å². The molecule has 0 spiro atoms. The molecule has 1 unspecified atom stereocenters. The maximum atomic E-state index is 9.10. The van der Waals surface area contributed by atoms with Crippen molar-refractivity contribution < 1.29 is 9.84 Å². The zero-order chi connectivity index (χ0) is 13.9. The number of rotatable bonds is 4. The maximum Gasteiger partial charge on any atom is 0.127 e. The molecule has 0 radical (unpaired) electrons. The number of likely N-dealkylation sites (tertiary alicyclic amines) is 1. The van der Waals surface area contributed by atoms with Crippen molar-refractivity contribution in [3.05, 3.63) is 28.3 Å². The van der Waals surface area contributed by atoms with Gasteiger partial charge < -0.3 is 9.84 Å². The maximum absolute atomic E-state index is 9.10. The molecule has 1 atom stereocenters. The lowest BCUT2D eigenvalue weighted by Gasteiger charge is -2.32. The van der Waals surface area contributed by atoms with E-state index in [9.17, 15) is 0 Å². The third kappa shape index (κ3) is 3.11. The molecule has 0 saturated carbocycles. The lowest BCUT2D eigenvalue weighted by molar-refractivity contribution is 0.141. The minimum Gasteiger partial charge on any atom is -0.493 e. The van der Waals surface area contributed by atoms with Gasteiger partial charge in [0.2, 0.25) is 0 Å². The van der Waals surface area contributed by atoms with E-state index < -0.39 is 0 Å². The fourth-order valence-corrected chi connectivity index (χ4v) is 3.68. The van der Waals surface area contributed by atoms with Crippen molar-refractivity contribution in [3.63, 3.8) is 0 Å². The molecule has 1 N–H and O–H groups in total. The van der Waals surface area contributed by atoms with Gasteiger partial charge in [-0.3, -0.25) is 4.90 Å². The van der Waals surface area contributed by atoms with E-state index in [1.807, 2.05) is 12.1 Å². The van der Waals surface area contributed by atoms with Crippen molar-refractivity contribution in [1.29, 1.82) is 0 Å². The van der Waals surface area contributed by atoms with Crippen LogP contribution in [0.25, 0.3) is 0 Å². The van der Waals surface area contributed by atoms with E-state index in [-0.39, 0.29) is 0 Å². The lowest BCUT2D eigenvalue weighted by Crippen LogP contribution is -2.35. The number of hydrogen-bond donors (Lipinski definition) is 1. The van der Waals surface area contributed by atoms with Gasteiger partial charge in [0.05, 0.1) is 6.61 Å². The lowest BCUT2D eigenvalue weighted by atomic mass is 9.94. The molecule has 2 aliphatic heterocycles. The average Bonchev–Trinajstić information content (AvgIpc) is 2.87. The highest BCUT2D eigenvalue weighted by molar-refractivity contribution is 6.30. The second-order valence-electron chi connectivity index (χ2n) is 5.91. The number of piperidine rings is 1. The van der Waals surface area contributed by atoms with Crippen LogP contribution in [0.4, 0.5) is 0 Å². The van der Waals surface area contributed by atoms with Gasteiger partial charge in [0.1, 0.15) is 5.75 Å².